The maximum atomic E-state index is 12.5. The molecule has 0 bridgehead atoms. The standard InChI is InChI=1S/C10H12N4O2S3/c11-9-12-13-10(18-9)19(15,16)14(8-1-2-8)5-7-3-4-17-6-7/h3-4,6,8H,1-2,5H2,(H2,11,12). The van der Waals surface area contributed by atoms with Gasteiger partial charge < -0.3 is 5.73 Å². The molecule has 0 unspecified atom stereocenters. The van der Waals surface area contributed by atoms with E-state index >= 15 is 0 Å². The van der Waals surface area contributed by atoms with E-state index in [1.807, 2.05) is 16.8 Å². The van der Waals surface area contributed by atoms with E-state index in [0.717, 1.165) is 29.7 Å². The summed E-state index contributed by atoms with van der Waals surface area (Å²) in [5.74, 6) is 0. The summed E-state index contributed by atoms with van der Waals surface area (Å²) in [5, 5.41) is 11.3. The molecule has 0 amide bonds. The van der Waals surface area contributed by atoms with Gasteiger partial charge in [0.05, 0.1) is 0 Å². The van der Waals surface area contributed by atoms with Crippen molar-refractivity contribution in [2.75, 3.05) is 5.73 Å². The number of anilines is 1. The Morgan fingerprint density at radius 2 is 2.21 bits per heavy atom. The third-order valence-electron chi connectivity index (χ3n) is 2.82. The fourth-order valence-corrected chi connectivity index (χ4v) is 4.99. The quantitative estimate of drug-likeness (QED) is 0.903. The Kier molecular flexibility index (Phi) is 3.29. The van der Waals surface area contributed by atoms with Gasteiger partial charge in [-0.05, 0) is 35.2 Å². The second kappa shape index (κ2) is 4.82. The van der Waals surface area contributed by atoms with Crippen LogP contribution in [0.15, 0.2) is 21.2 Å². The Morgan fingerprint density at radius 3 is 2.74 bits per heavy atom. The van der Waals surface area contributed by atoms with Crippen LogP contribution in [0.5, 0.6) is 0 Å². The molecule has 102 valence electrons. The van der Waals surface area contributed by atoms with Crippen LogP contribution in [0, 0.1) is 0 Å². The summed E-state index contributed by atoms with van der Waals surface area (Å²) < 4.78 is 26.6. The van der Waals surface area contributed by atoms with Gasteiger partial charge >= 0.3 is 0 Å². The molecule has 1 saturated carbocycles. The summed E-state index contributed by atoms with van der Waals surface area (Å²) >= 11 is 2.47. The zero-order valence-electron chi connectivity index (χ0n) is 9.89. The zero-order chi connectivity index (χ0) is 13.5. The van der Waals surface area contributed by atoms with Gasteiger partial charge in [-0.3, -0.25) is 0 Å². The monoisotopic (exact) mass is 316 g/mol. The van der Waals surface area contributed by atoms with Crippen molar-refractivity contribution in [2.45, 2.75) is 29.8 Å². The summed E-state index contributed by atoms with van der Waals surface area (Å²) in [6.07, 6.45) is 1.80. The van der Waals surface area contributed by atoms with Crippen molar-refractivity contribution in [2.24, 2.45) is 0 Å². The molecule has 0 aliphatic heterocycles. The topological polar surface area (TPSA) is 89.2 Å². The van der Waals surface area contributed by atoms with Crippen molar-refractivity contribution in [3.05, 3.63) is 22.4 Å². The molecule has 2 heterocycles. The molecule has 0 spiro atoms. The molecule has 19 heavy (non-hydrogen) atoms. The van der Waals surface area contributed by atoms with Crippen LogP contribution in [0.3, 0.4) is 0 Å². The van der Waals surface area contributed by atoms with Crippen molar-refractivity contribution >= 4 is 37.8 Å². The first-order valence-electron chi connectivity index (χ1n) is 5.69. The molecule has 1 fully saturated rings. The highest BCUT2D eigenvalue weighted by Crippen LogP contribution is 2.34. The molecular formula is C10H12N4O2S3. The summed E-state index contributed by atoms with van der Waals surface area (Å²) in [5.41, 5.74) is 6.46. The van der Waals surface area contributed by atoms with Crippen molar-refractivity contribution < 1.29 is 8.42 Å². The first-order chi connectivity index (χ1) is 9.07. The lowest BCUT2D eigenvalue weighted by Gasteiger charge is -2.19. The molecular weight excluding hydrogens is 304 g/mol. The summed E-state index contributed by atoms with van der Waals surface area (Å²) in [4.78, 5) is 0. The molecule has 2 N–H and O–H groups in total. The summed E-state index contributed by atoms with van der Waals surface area (Å²) in [7, 11) is -3.59. The zero-order valence-corrected chi connectivity index (χ0v) is 12.3. The number of hydrogen-bond donors (Lipinski definition) is 1. The van der Waals surface area contributed by atoms with Crippen molar-refractivity contribution in [3.8, 4) is 0 Å². The molecule has 2 aromatic heterocycles. The lowest BCUT2D eigenvalue weighted by Crippen LogP contribution is -2.32. The lowest BCUT2D eigenvalue weighted by molar-refractivity contribution is 0.398. The second-order valence-corrected chi connectivity index (χ2v) is 8.17. The number of thiophene rings is 1. The molecule has 9 heteroatoms. The largest absolute Gasteiger partial charge is 0.374 e. The van der Waals surface area contributed by atoms with E-state index in [4.69, 9.17) is 5.73 Å². The molecule has 0 radical (unpaired) electrons. The van der Waals surface area contributed by atoms with Gasteiger partial charge in [-0.1, -0.05) is 11.3 Å². The van der Waals surface area contributed by atoms with Crippen LogP contribution < -0.4 is 5.73 Å². The predicted octanol–water partition coefficient (Wildman–Crippen LogP) is 1.54. The minimum Gasteiger partial charge on any atom is -0.374 e. The van der Waals surface area contributed by atoms with Crippen LogP contribution in [0.2, 0.25) is 0 Å². The van der Waals surface area contributed by atoms with E-state index in [1.54, 1.807) is 11.3 Å². The molecule has 0 aromatic carbocycles. The number of nitrogens with zero attached hydrogens (tertiary/aromatic N) is 3. The number of aromatic nitrogens is 2. The first kappa shape index (κ1) is 13.0. The molecule has 1 aliphatic carbocycles. The van der Waals surface area contributed by atoms with Crippen LogP contribution in [-0.4, -0.2) is 29.0 Å². The van der Waals surface area contributed by atoms with Crippen molar-refractivity contribution in [3.63, 3.8) is 0 Å². The molecule has 0 saturated heterocycles. The lowest BCUT2D eigenvalue weighted by atomic mass is 10.3. The highest BCUT2D eigenvalue weighted by atomic mass is 32.2. The number of nitrogens with two attached hydrogens (primary N) is 1. The van der Waals surface area contributed by atoms with Crippen molar-refractivity contribution in [1.29, 1.82) is 0 Å². The summed E-state index contributed by atoms with van der Waals surface area (Å²) in [6, 6.07) is 2.01. The van der Waals surface area contributed by atoms with Gasteiger partial charge in [0.2, 0.25) is 9.47 Å². The third kappa shape index (κ3) is 2.64. The molecule has 1 aliphatic rings. The number of nitrogen functional groups attached to an aromatic ring is 1. The van der Waals surface area contributed by atoms with Gasteiger partial charge in [-0.2, -0.15) is 15.6 Å². The SMILES string of the molecule is Nc1nnc(S(=O)(=O)N(Cc2ccsc2)C2CC2)s1. The van der Waals surface area contributed by atoms with Crippen LogP contribution in [0.25, 0.3) is 0 Å². The smallest absolute Gasteiger partial charge is 0.272 e. The maximum absolute atomic E-state index is 12.5. The normalized spacial score (nSPS) is 16.1. The van der Waals surface area contributed by atoms with E-state index in [2.05, 4.69) is 10.2 Å². The Hall–Kier alpha value is -1.03. The minimum atomic E-state index is -3.59. The third-order valence-corrected chi connectivity index (χ3v) is 6.55. The second-order valence-electron chi connectivity index (χ2n) is 4.32. The van der Waals surface area contributed by atoms with E-state index in [1.165, 1.54) is 4.31 Å². The van der Waals surface area contributed by atoms with E-state index in [-0.39, 0.29) is 15.5 Å². The Bertz CT molecular complexity index is 661. The minimum absolute atomic E-state index is 0.0212. The highest BCUT2D eigenvalue weighted by Gasteiger charge is 2.39. The maximum Gasteiger partial charge on any atom is 0.272 e. The average molecular weight is 316 g/mol. The van der Waals surface area contributed by atoms with Gasteiger partial charge in [0.25, 0.3) is 10.0 Å². The van der Waals surface area contributed by atoms with Gasteiger partial charge in [0.1, 0.15) is 0 Å². The van der Waals surface area contributed by atoms with Crippen LogP contribution >= 0.6 is 22.7 Å². The van der Waals surface area contributed by atoms with Crippen molar-refractivity contribution in [1.82, 2.24) is 14.5 Å². The number of hydrogen-bond acceptors (Lipinski definition) is 7. The van der Waals surface area contributed by atoms with Crippen LogP contribution in [-0.2, 0) is 16.6 Å². The van der Waals surface area contributed by atoms with Gasteiger partial charge in [0.15, 0.2) is 0 Å². The molecule has 0 atom stereocenters. The van der Waals surface area contributed by atoms with Gasteiger partial charge in [-0.15, -0.1) is 10.2 Å². The highest BCUT2D eigenvalue weighted by molar-refractivity contribution is 7.91. The van der Waals surface area contributed by atoms with Crippen LogP contribution in [0.1, 0.15) is 18.4 Å². The molecule has 6 nitrogen and oxygen atoms in total. The van der Waals surface area contributed by atoms with Gasteiger partial charge in [-0.25, -0.2) is 8.42 Å². The Labute approximate surface area is 118 Å². The predicted molar refractivity (Wildman–Crippen MR) is 74.4 cm³/mol. The first-order valence-corrected chi connectivity index (χ1v) is 8.89. The molecule has 2 aromatic rings. The Balaban J connectivity index is 1.91. The van der Waals surface area contributed by atoms with E-state index in [0.29, 0.717) is 6.54 Å². The van der Waals surface area contributed by atoms with E-state index < -0.39 is 10.0 Å². The molecule has 3 rings (SSSR count). The summed E-state index contributed by atoms with van der Waals surface area (Å²) in [6.45, 7) is 0.385. The number of rotatable bonds is 5. The average Bonchev–Trinajstić information content (AvgIpc) is 2.88. The Morgan fingerprint density at radius 1 is 1.42 bits per heavy atom. The van der Waals surface area contributed by atoms with Gasteiger partial charge in [0, 0.05) is 12.6 Å². The van der Waals surface area contributed by atoms with E-state index in [9.17, 15) is 8.42 Å². The van der Waals surface area contributed by atoms with Crippen LogP contribution in [0.4, 0.5) is 5.13 Å². The fourth-order valence-electron chi connectivity index (χ4n) is 1.76. The fraction of sp³-hybridized carbons (Fsp3) is 0.400. The number of sulfonamides is 1.